The lowest BCUT2D eigenvalue weighted by Gasteiger charge is -2.08. The molecular formula is C6H6Br2N2. The SMILES string of the molecule is N#CC[C@@H](Br)[C@H](Br)CC#N. The van der Waals surface area contributed by atoms with E-state index in [-0.39, 0.29) is 9.65 Å². The average molecular weight is 266 g/mol. The summed E-state index contributed by atoms with van der Waals surface area (Å²) in [5, 5.41) is 16.5. The summed E-state index contributed by atoms with van der Waals surface area (Å²) in [7, 11) is 0. The van der Waals surface area contributed by atoms with Crippen LogP contribution in [0, 0.1) is 22.7 Å². The second kappa shape index (κ2) is 5.70. The van der Waals surface area contributed by atoms with Crippen LogP contribution in [0.15, 0.2) is 0 Å². The summed E-state index contributed by atoms with van der Waals surface area (Å²) in [4.78, 5) is 0.161. The van der Waals surface area contributed by atoms with Crippen molar-refractivity contribution in [2.75, 3.05) is 0 Å². The highest BCUT2D eigenvalue weighted by molar-refractivity contribution is 9.12. The van der Waals surface area contributed by atoms with Crippen molar-refractivity contribution in [2.24, 2.45) is 0 Å². The van der Waals surface area contributed by atoms with Crippen molar-refractivity contribution in [3.05, 3.63) is 0 Å². The molecular weight excluding hydrogens is 260 g/mol. The van der Waals surface area contributed by atoms with E-state index in [0.717, 1.165) is 0 Å². The van der Waals surface area contributed by atoms with Crippen LogP contribution in [0.2, 0.25) is 0 Å². The zero-order valence-corrected chi connectivity index (χ0v) is 8.39. The Kier molecular flexibility index (Phi) is 5.67. The maximum atomic E-state index is 8.27. The van der Waals surface area contributed by atoms with Crippen LogP contribution in [-0.4, -0.2) is 9.65 Å². The first-order chi connectivity index (χ1) is 4.72. The molecule has 0 saturated carbocycles. The van der Waals surface area contributed by atoms with Crippen LogP contribution in [0.3, 0.4) is 0 Å². The topological polar surface area (TPSA) is 47.6 Å². The highest BCUT2D eigenvalue weighted by Gasteiger charge is 2.14. The van der Waals surface area contributed by atoms with Crippen molar-refractivity contribution < 1.29 is 0 Å². The van der Waals surface area contributed by atoms with Crippen molar-refractivity contribution in [1.29, 1.82) is 10.5 Å². The van der Waals surface area contributed by atoms with E-state index in [4.69, 9.17) is 10.5 Å². The number of nitrogens with zero attached hydrogens (tertiary/aromatic N) is 2. The lowest BCUT2D eigenvalue weighted by atomic mass is 10.2. The maximum absolute atomic E-state index is 8.27. The molecule has 54 valence electrons. The molecule has 2 nitrogen and oxygen atoms in total. The summed E-state index contributed by atoms with van der Waals surface area (Å²) < 4.78 is 0. The largest absolute Gasteiger partial charge is 0.198 e. The van der Waals surface area contributed by atoms with Crippen LogP contribution in [0.4, 0.5) is 0 Å². The minimum atomic E-state index is 0.0807. The van der Waals surface area contributed by atoms with Crippen LogP contribution in [0.5, 0.6) is 0 Å². The van der Waals surface area contributed by atoms with E-state index >= 15 is 0 Å². The number of halogens is 2. The van der Waals surface area contributed by atoms with Gasteiger partial charge in [-0.1, -0.05) is 31.9 Å². The molecule has 4 heteroatoms. The van der Waals surface area contributed by atoms with Crippen molar-refractivity contribution in [2.45, 2.75) is 22.5 Å². The number of hydrogen-bond donors (Lipinski definition) is 0. The van der Waals surface area contributed by atoms with Crippen molar-refractivity contribution >= 4 is 31.9 Å². The Morgan fingerprint density at radius 1 is 1.00 bits per heavy atom. The molecule has 0 aromatic heterocycles. The molecule has 0 aliphatic carbocycles. The quantitative estimate of drug-likeness (QED) is 0.736. The van der Waals surface area contributed by atoms with E-state index in [1.165, 1.54) is 0 Å². The van der Waals surface area contributed by atoms with Crippen molar-refractivity contribution in [1.82, 2.24) is 0 Å². The lowest BCUT2D eigenvalue weighted by Crippen LogP contribution is -2.11. The number of rotatable bonds is 3. The molecule has 0 radical (unpaired) electrons. The Morgan fingerprint density at radius 2 is 1.30 bits per heavy atom. The lowest BCUT2D eigenvalue weighted by molar-refractivity contribution is 0.836. The van der Waals surface area contributed by atoms with Gasteiger partial charge in [0, 0.05) is 22.5 Å². The molecule has 0 aliphatic heterocycles. The minimum Gasteiger partial charge on any atom is -0.198 e. The second-order valence-electron chi connectivity index (χ2n) is 1.76. The summed E-state index contributed by atoms with van der Waals surface area (Å²) >= 11 is 6.57. The van der Waals surface area contributed by atoms with Gasteiger partial charge >= 0.3 is 0 Å². The van der Waals surface area contributed by atoms with Gasteiger partial charge in [0.2, 0.25) is 0 Å². The van der Waals surface area contributed by atoms with E-state index < -0.39 is 0 Å². The summed E-state index contributed by atoms with van der Waals surface area (Å²) in [5.74, 6) is 0. The Balaban J connectivity index is 3.63. The molecule has 0 aromatic rings. The van der Waals surface area contributed by atoms with Gasteiger partial charge in [0.1, 0.15) is 0 Å². The van der Waals surface area contributed by atoms with Gasteiger partial charge in [-0.2, -0.15) is 10.5 Å². The smallest absolute Gasteiger partial charge is 0.0633 e. The molecule has 0 unspecified atom stereocenters. The predicted molar refractivity (Wildman–Crippen MR) is 45.9 cm³/mol. The first kappa shape index (κ1) is 9.94. The summed E-state index contributed by atoms with van der Waals surface area (Å²) in [6, 6.07) is 4.04. The van der Waals surface area contributed by atoms with E-state index in [1.807, 2.05) is 12.1 Å². The molecule has 0 N–H and O–H groups in total. The first-order valence-corrected chi connectivity index (χ1v) is 4.57. The van der Waals surface area contributed by atoms with Gasteiger partial charge in [0.15, 0.2) is 0 Å². The van der Waals surface area contributed by atoms with Crippen LogP contribution in [-0.2, 0) is 0 Å². The zero-order chi connectivity index (χ0) is 7.98. The average Bonchev–Trinajstić information content (AvgIpc) is 1.89. The van der Waals surface area contributed by atoms with Crippen LogP contribution in [0.25, 0.3) is 0 Å². The van der Waals surface area contributed by atoms with Gasteiger partial charge in [0.25, 0.3) is 0 Å². The zero-order valence-electron chi connectivity index (χ0n) is 5.22. The van der Waals surface area contributed by atoms with Gasteiger partial charge < -0.3 is 0 Å². The molecule has 0 rings (SSSR count). The van der Waals surface area contributed by atoms with E-state index in [2.05, 4.69) is 31.9 Å². The predicted octanol–water partition coefficient (Wildman–Crippen LogP) is 2.34. The summed E-state index contributed by atoms with van der Waals surface area (Å²) in [5.41, 5.74) is 0. The second-order valence-corrected chi connectivity index (χ2v) is 4.11. The van der Waals surface area contributed by atoms with E-state index in [1.54, 1.807) is 0 Å². The molecule has 0 aromatic carbocycles. The standard InChI is InChI=1S/C6H6Br2N2/c7-5(1-3-9)6(8)2-4-10/h5-6H,1-2H2/t5-,6-/m1/s1. The molecule has 0 heterocycles. The van der Waals surface area contributed by atoms with Crippen molar-refractivity contribution in [3.8, 4) is 12.1 Å². The summed E-state index contributed by atoms with van der Waals surface area (Å²) in [6.45, 7) is 0. The monoisotopic (exact) mass is 264 g/mol. The van der Waals surface area contributed by atoms with Gasteiger partial charge in [0.05, 0.1) is 12.1 Å². The van der Waals surface area contributed by atoms with Crippen molar-refractivity contribution in [3.63, 3.8) is 0 Å². The molecule has 2 atom stereocenters. The molecule has 0 fully saturated rings. The van der Waals surface area contributed by atoms with E-state index in [9.17, 15) is 0 Å². The maximum Gasteiger partial charge on any atom is 0.0633 e. The van der Waals surface area contributed by atoms with Gasteiger partial charge in [-0.3, -0.25) is 0 Å². The first-order valence-electron chi connectivity index (χ1n) is 2.74. The van der Waals surface area contributed by atoms with E-state index in [0.29, 0.717) is 12.8 Å². The fraction of sp³-hybridized carbons (Fsp3) is 0.667. The fourth-order valence-corrected chi connectivity index (χ4v) is 1.09. The van der Waals surface area contributed by atoms with Gasteiger partial charge in [-0.05, 0) is 0 Å². The molecule has 0 amide bonds. The Labute approximate surface area is 77.1 Å². The highest BCUT2D eigenvalue weighted by atomic mass is 79.9. The fourth-order valence-electron chi connectivity index (χ4n) is 0.430. The molecule has 0 saturated heterocycles. The Bertz CT molecular complexity index is 148. The highest BCUT2D eigenvalue weighted by Crippen LogP contribution is 2.19. The Morgan fingerprint density at radius 3 is 1.50 bits per heavy atom. The third-order valence-corrected chi connectivity index (χ3v) is 3.60. The summed E-state index contributed by atoms with van der Waals surface area (Å²) in [6.07, 6.45) is 0.856. The van der Waals surface area contributed by atoms with Crippen LogP contribution < -0.4 is 0 Å². The van der Waals surface area contributed by atoms with Gasteiger partial charge in [-0.25, -0.2) is 0 Å². The number of alkyl halides is 2. The molecule has 0 bridgehead atoms. The third kappa shape index (κ3) is 3.87. The van der Waals surface area contributed by atoms with Crippen LogP contribution in [0.1, 0.15) is 12.8 Å². The third-order valence-electron chi connectivity index (χ3n) is 0.965. The Hall–Kier alpha value is -0.0600. The molecule has 10 heavy (non-hydrogen) atoms. The van der Waals surface area contributed by atoms with Gasteiger partial charge in [-0.15, -0.1) is 0 Å². The molecule has 0 spiro atoms. The number of nitriles is 2. The molecule has 0 aliphatic rings. The normalized spacial score (nSPS) is 14.8. The van der Waals surface area contributed by atoms with Crippen LogP contribution >= 0.6 is 31.9 Å². The number of hydrogen-bond acceptors (Lipinski definition) is 2. The minimum absolute atomic E-state index is 0.0807.